The summed E-state index contributed by atoms with van der Waals surface area (Å²) in [7, 11) is 1.61. The molecule has 6 heteroatoms. The molecular weight excluding hydrogens is 452 g/mol. The van der Waals surface area contributed by atoms with Gasteiger partial charge in [-0.05, 0) is 61.2 Å². The number of ether oxygens (including phenoxy) is 2. The molecule has 0 saturated carbocycles. The van der Waals surface area contributed by atoms with E-state index < -0.39 is 6.04 Å². The number of carbonyl (C=O) groups is 2. The maximum absolute atomic E-state index is 13.6. The van der Waals surface area contributed by atoms with Gasteiger partial charge in [-0.1, -0.05) is 61.5 Å². The molecule has 3 aromatic carbocycles. The predicted octanol–water partition coefficient (Wildman–Crippen LogP) is 4.80. The fourth-order valence-corrected chi connectivity index (χ4v) is 3.95. The topological polar surface area (TPSA) is 67.9 Å². The molecule has 3 aromatic rings. The van der Waals surface area contributed by atoms with Gasteiger partial charge in [-0.15, -0.1) is 0 Å². The average molecular weight is 489 g/mol. The molecule has 1 atom stereocenters. The molecule has 0 spiro atoms. The van der Waals surface area contributed by atoms with Crippen molar-refractivity contribution in [3.05, 3.63) is 95.6 Å². The predicted molar refractivity (Wildman–Crippen MR) is 142 cm³/mol. The molecule has 0 unspecified atom stereocenters. The molecule has 0 aromatic heterocycles. The third kappa shape index (κ3) is 7.87. The van der Waals surface area contributed by atoms with Crippen molar-refractivity contribution in [2.75, 3.05) is 13.7 Å². The largest absolute Gasteiger partial charge is 0.497 e. The van der Waals surface area contributed by atoms with E-state index in [-0.39, 0.29) is 31.0 Å². The first-order chi connectivity index (χ1) is 17.4. The van der Waals surface area contributed by atoms with Gasteiger partial charge < -0.3 is 19.7 Å². The fourth-order valence-electron chi connectivity index (χ4n) is 3.95. The van der Waals surface area contributed by atoms with E-state index in [4.69, 9.17) is 9.47 Å². The van der Waals surface area contributed by atoms with Crippen molar-refractivity contribution in [3.63, 3.8) is 0 Å². The summed E-state index contributed by atoms with van der Waals surface area (Å²) in [5, 5.41) is 2.99. The van der Waals surface area contributed by atoms with E-state index in [0.29, 0.717) is 17.9 Å². The van der Waals surface area contributed by atoms with E-state index in [1.807, 2.05) is 92.7 Å². The molecule has 2 amide bonds. The lowest BCUT2D eigenvalue weighted by atomic mass is 10.0. The van der Waals surface area contributed by atoms with E-state index in [9.17, 15) is 9.59 Å². The quantitative estimate of drug-likeness (QED) is 0.398. The van der Waals surface area contributed by atoms with Crippen LogP contribution in [0, 0.1) is 0 Å². The zero-order chi connectivity index (χ0) is 25.9. The van der Waals surface area contributed by atoms with Crippen LogP contribution in [-0.2, 0) is 29.0 Å². The Hall–Kier alpha value is -3.80. The molecule has 0 aliphatic rings. The van der Waals surface area contributed by atoms with Crippen molar-refractivity contribution in [1.82, 2.24) is 10.2 Å². The summed E-state index contributed by atoms with van der Waals surface area (Å²) in [6, 6.07) is 24.2. The summed E-state index contributed by atoms with van der Waals surface area (Å²) < 4.78 is 11.2. The Morgan fingerprint density at radius 3 is 2.19 bits per heavy atom. The lowest BCUT2D eigenvalue weighted by Crippen LogP contribution is -2.52. The van der Waals surface area contributed by atoms with Crippen molar-refractivity contribution in [3.8, 4) is 11.5 Å². The summed E-state index contributed by atoms with van der Waals surface area (Å²) in [6.07, 6.45) is 1.32. The Morgan fingerprint density at radius 2 is 1.56 bits per heavy atom. The summed E-state index contributed by atoms with van der Waals surface area (Å²) in [6.45, 7) is 5.99. The fraction of sp³-hybridized carbons (Fsp3) is 0.333. The third-order valence-electron chi connectivity index (χ3n) is 5.88. The van der Waals surface area contributed by atoms with E-state index in [1.54, 1.807) is 12.0 Å². The van der Waals surface area contributed by atoms with Gasteiger partial charge in [-0.3, -0.25) is 9.59 Å². The molecule has 0 saturated heterocycles. The van der Waals surface area contributed by atoms with Gasteiger partial charge in [-0.2, -0.15) is 0 Å². The van der Waals surface area contributed by atoms with Crippen LogP contribution < -0.4 is 14.8 Å². The van der Waals surface area contributed by atoms with Gasteiger partial charge in [0, 0.05) is 19.0 Å². The molecular formula is C30H36N2O4. The van der Waals surface area contributed by atoms with E-state index in [2.05, 4.69) is 12.2 Å². The maximum atomic E-state index is 13.6. The second kappa shape index (κ2) is 13.3. The molecule has 36 heavy (non-hydrogen) atoms. The molecule has 1 N–H and O–H groups in total. The van der Waals surface area contributed by atoms with Crippen LogP contribution in [0.1, 0.15) is 37.5 Å². The van der Waals surface area contributed by atoms with Crippen molar-refractivity contribution >= 4 is 11.8 Å². The summed E-state index contributed by atoms with van der Waals surface area (Å²) >= 11 is 0. The van der Waals surface area contributed by atoms with E-state index in [0.717, 1.165) is 17.5 Å². The normalized spacial score (nSPS) is 11.6. The van der Waals surface area contributed by atoms with Gasteiger partial charge in [0.1, 0.15) is 17.5 Å². The first-order valence-corrected chi connectivity index (χ1v) is 12.4. The smallest absolute Gasteiger partial charge is 0.261 e. The van der Waals surface area contributed by atoms with Gasteiger partial charge in [0.05, 0.1) is 7.11 Å². The van der Waals surface area contributed by atoms with Gasteiger partial charge in [-0.25, -0.2) is 0 Å². The molecule has 0 heterocycles. The average Bonchev–Trinajstić information content (AvgIpc) is 2.89. The van der Waals surface area contributed by atoms with Crippen molar-refractivity contribution in [2.45, 2.75) is 52.2 Å². The van der Waals surface area contributed by atoms with Crippen LogP contribution in [-0.4, -0.2) is 42.5 Å². The highest BCUT2D eigenvalue weighted by Gasteiger charge is 2.31. The van der Waals surface area contributed by atoms with E-state index >= 15 is 0 Å². The number of carbonyl (C=O) groups excluding carboxylic acids is 2. The standard InChI is InChI=1S/C30H36N2O4/c1-5-23-14-16-26(17-15-23)36-21-29(33)32(20-25-12-9-13-27(18-25)35-4)28(30(34)31-22(2)3)19-24-10-7-6-8-11-24/h6-18,22,28H,5,19-21H2,1-4H3,(H,31,34)/t28-/m0/s1. The van der Waals surface area contributed by atoms with Crippen LogP contribution >= 0.6 is 0 Å². The SMILES string of the molecule is CCc1ccc(OCC(=O)N(Cc2cccc(OC)c2)[C@@H](Cc2ccccc2)C(=O)NC(C)C)cc1. The molecule has 0 bridgehead atoms. The molecule has 0 fully saturated rings. The number of methoxy groups -OCH3 is 1. The van der Waals surface area contributed by atoms with Crippen molar-refractivity contribution < 1.29 is 19.1 Å². The Bertz CT molecular complexity index is 1110. The Morgan fingerprint density at radius 1 is 0.861 bits per heavy atom. The van der Waals surface area contributed by atoms with Gasteiger partial charge >= 0.3 is 0 Å². The van der Waals surface area contributed by atoms with Crippen LogP contribution in [0.2, 0.25) is 0 Å². The number of nitrogens with zero attached hydrogens (tertiary/aromatic N) is 1. The summed E-state index contributed by atoms with van der Waals surface area (Å²) in [4.78, 5) is 28.6. The monoisotopic (exact) mass is 488 g/mol. The molecule has 190 valence electrons. The number of hydrogen-bond donors (Lipinski definition) is 1. The first kappa shape index (κ1) is 26.8. The number of benzene rings is 3. The zero-order valence-corrected chi connectivity index (χ0v) is 21.6. The van der Waals surface area contributed by atoms with Gasteiger partial charge in [0.15, 0.2) is 6.61 Å². The second-order valence-corrected chi connectivity index (χ2v) is 9.03. The highest BCUT2D eigenvalue weighted by Crippen LogP contribution is 2.19. The maximum Gasteiger partial charge on any atom is 0.261 e. The zero-order valence-electron chi connectivity index (χ0n) is 21.6. The highest BCUT2D eigenvalue weighted by molar-refractivity contribution is 5.88. The van der Waals surface area contributed by atoms with Crippen LogP contribution in [0.5, 0.6) is 11.5 Å². The lowest BCUT2D eigenvalue weighted by Gasteiger charge is -2.32. The van der Waals surface area contributed by atoms with Crippen LogP contribution in [0.25, 0.3) is 0 Å². The number of hydrogen-bond acceptors (Lipinski definition) is 4. The Balaban J connectivity index is 1.90. The minimum Gasteiger partial charge on any atom is -0.497 e. The second-order valence-electron chi connectivity index (χ2n) is 9.03. The third-order valence-corrected chi connectivity index (χ3v) is 5.88. The summed E-state index contributed by atoms with van der Waals surface area (Å²) in [5.41, 5.74) is 3.04. The first-order valence-electron chi connectivity index (χ1n) is 12.4. The highest BCUT2D eigenvalue weighted by atomic mass is 16.5. The Kier molecular flexibility index (Phi) is 9.92. The number of nitrogens with one attached hydrogen (secondary N) is 1. The Labute approximate surface area is 214 Å². The van der Waals surface area contributed by atoms with E-state index in [1.165, 1.54) is 5.56 Å². The molecule has 3 rings (SSSR count). The van der Waals surface area contributed by atoms with Crippen molar-refractivity contribution in [1.29, 1.82) is 0 Å². The molecule has 0 radical (unpaired) electrons. The number of aryl methyl sites for hydroxylation is 1. The van der Waals surface area contributed by atoms with Crippen LogP contribution in [0.15, 0.2) is 78.9 Å². The number of amides is 2. The minimum absolute atomic E-state index is 0.0575. The van der Waals surface area contributed by atoms with Gasteiger partial charge in [0.25, 0.3) is 5.91 Å². The minimum atomic E-state index is -0.709. The number of rotatable bonds is 12. The van der Waals surface area contributed by atoms with Crippen LogP contribution in [0.4, 0.5) is 0 Å². The summed E-state index contributed by atoms with van der Waals surface area (Å²) in [5.74, 6) is 0.848. The molecule has 6 nitrogen and oxygen atoms in total. The van der Waals surface area contributed by atoms with Crippen molar-refractivity contribution in [2.24, 2.45) is 0 Å². The molecule has 0 aliphatic heterocycles. The lowest BCUT2D eigenvalue weighted by molar-refractivity contribution is -0.143. The van der Waals surface area contributed by atoms with Crippen LogP contribution in [0.3, 0.4) is 0 Å². The molecule has 0 aliphatic carbocycles. The van der Waals surface area contributed by atoms with Gasteiger partial charge in [0.2, 0.25) is 5.91 Å².